The molecule has 0 spiro atoms. The molecule has 0 amide bonds. The number of aliphatic hydroxyl groups excluding tert-OH is 2. The Morgan fingerprint density at radius 2 is 1.82 bits per heavy atom. The number of hydrogen-bond acceptors (Lipinski definition) is 7. The van der Waals surface area contributed by atoms with Gasteiger partial charge >= 0.3 is 0 Å². The lowest BCUT2D eigenvalue weighted by Gasteiger charge is -2.63. The summed E-state index contributed by atoms with van der Waals surface area (Å²) < 4.78 is 46.3. The van der Waals surface area contributed by atoms with E-state index in [9.17, 15) is 19.8 Å². The van der Waals surface area contributed by atoms with Gasteiger partial charge in [0.25, 0.3) is 0 Å². The van der Waals surface area contributed by atoms with E-state index in [0.717, 1.165) is 17.2 Å². The van der Waals surface area contributed by atoms with Crippen molar-refractivity contribution in [2.45, 2.75) is 69.0 Å². The van der Waals surface area contributed by atoms with E-state index in [1.807, 2.05) is 60.7 Å². The van der Waals surface area contributed by atoms with Gasteiger partial charge in [-0.05, 0) is 73.1 Å². The number of Topliss-reactive ketones (excluding diaryl/α,β-unsaturated/α-hetero) is 1. The first-order valence-electron chi connectivity index (χ1n) is 15.4. The van der Waals surface area contributed by atoms with Gasteiger partial charge in [0.15, 0.2) is 29.1 Å². The maximum Gasteiger partial charge on any atom is 0.193 e. The van der Waals surface area contributed by atoms with Crippen molar-refractivity contribution in [2.24, 2.45) is 22.7 Å². The second-order valence-electron chi connectivity index (χ2n) is 13.7. The number of ketones is 2. The molecule has 3 saturated carbocycles. The number of allylic oxidation sites excluding steroid dienone is 4. The Morgan fingerprint density at radius 1 is 1.09 bits per heavy atom. The van der Waals surface area contributed by atoms with Gasteiger partial charge < -0.3 is 25.4 Å². The largest absolute Gasteiger partial charge is 0.399 e. The number of alkyl halides is 2. The van der Waals surface area contributed by atoms with Crippen LogP contribution in [0.2, 0.25) is 0 Å². The molecule has 7 rings (SSSR count). The molecule has 236 valence electrons. The normalized spacial score (nSPS) is 41.7. The van der Waals surface area contributed by atoms with Gasteiger partial charge in [0.2, 0.25) is 0 Å². The highest BCUT2D eigenvalue weighted by Gasteiger charge is 2.80. The fourth-order valence-corrected chi connectivity index (χ4v) is 9.33. The Balaban J connectivity index is 1.20. The van der Waals surface area contributed by atoms with Crippen molar-refractivity contribution in [2.75, 3.05) is 12.3 Å². The van der Waals surface area contributed by atoms with Crippen LogP contribution in [0.5, 0.6) is 0 Å². The average Bonchev–Trinajstić information content (AvgIpc) is 3.52. The second-order valence-corrected chi connectivity index (χ2v) is 13.7. The predicted octanol–water partition coefficient (Wildman–Crippen LogP) is 5.08. The summed E-state index contributed by atoms with van der Waals surface area (Å²) in [5.74, 6) is -2.62. The summed E-state index contributed by atoms with van der Waals surface area (Å²) in [6, 6.07) is 15.0. The molecule has 1 heterocycles. The van der Waals surface area contributed by atoms with Gasteiger partial charge in [0, 0.05) is 28.0 Å². The summed E-state index contributed by atoms with van der Waals surface area (Å²) >= 11 is 0. The van der Waals surface area contributed by atoms with Crippen molar-refractivity contribution >= 4 is 29.4 Å². The number of anilines is 1. The third kappa shape index (κ3) is 4.07. The number of fused-ring (bicyclic) bond motifs is 7. The summed E-state index contributed by atoms with van der Waals surface area (Å²) in [6.07, 6.45) is 2.44. The minimum atomic E-state index is -2.29. The highest BCUT2D eigenvalue weighted by Crippen LogP contribution is 2.72. The van der Waals surface area contributed by atoms with Gasteiger partial charge in [-0.2, -0.15) is 0 Å². The first kappa shape index (κ1) is 30.2. The molecule has 1 aliphatic heterocycles. The van der Waals surface area contributed by atoms with Gasteiger partial charge in [-0.15, -0.1) is 0 Å². The van der Waals surface area contributed by atoms with E-state index < -0.39 is 76.8 Å². The van der Waals surface area contributed by atoms with Crippen LogP contribution in [-0.2, 0) is 19.1 Å². The quantitative estimate of drug-likeness (QED) is 0.316. The molecule has 9 heteroatoms. The standard InChI is InChI=1S/C36H37F2NO6/c1-33-13-12-24(41)15-27(33)28(37)16-26-25-17-31-36(30(43)19-40,34(25,2)18-29(42)35(26,33)38)45-32(44-31)22-10-8-20(9-11-22)6-7-21-4-3-5-23(39)14-21/h3-15,25-26,28-29,31-32,40,42H,16-19,39H2,1-2H3/b7-6+/t25-,26?,28-,29-,31+,32+,33-,34-,35-,36+/m0/s1. The molecule has 4 fully saturated rings. The molecule has 2 aromatic carbocycles. The maximum atomic E-state index is 17.5. The van der Waals surface area contributed by atoms with Gasteiger partial charge in [-0.3, -0.25) is 9.59 Å². The number of aliphatic hydroxyl groups is 2. The minimum absolute atomic E-state index is 0.0366. The summed E-state index contributed by atoms with van der Waals surface area (Å²) in [6.45, 7) is 2.48. The predicted molar refractivity (Wildman–Crippen MR) is 164 cm³/mol. The number of benzene rings is 2. The SMILES string of the molecule is C[C@]12C=CC(=O)C=C1[C@@H](F)CC1[C@@H]3C[C@H]4O[C@@H](c5ccc(/C=C/c6cccc(N)c6)cc5)O[C@@]4(C(=O)CO)[C@@]3(C)C[C@H](O)[C@@]12F. The molecule has 45 heavy (non-hydrogen) atoms. The van der Waals surface area contributed by atoms with Crippen molar-refractivity contribution in [1.29, 1.82) is 0 Å². The molecule has 5 aliphatic rings. The Labute approximate surface area is 260 Å². The summed E-state index contributed by atoms with van der Waals surface area (Å²) in [4.78, 5) is 25.8. The van der Waals surface area contributed by atoms with Crippen molar-refractivity contribution in [3.05, 3.63) is 89.0 Å². The zero-order valence-corrected chi connectivity index (χ0v) is 25.2. The molecule has 1 saturated heterocycles. The molecule has 10 atom stereocenters. The molecule has 2 aromatic rings. The first-order valence-corrected chi connectivity index (χ1v) is 15.4. The van der Waals surface area contributed by atoms with E-state index in [4.69, 9.17) is 15.2 Å². The number of hydrogen-bond donors (Lipinski definition) is 3. The van der Waals surface area contributed by atoms with Crippen LogP contribution in [0, 0.1) is 22.7 Å². The van der Waals surface area contributed by atoms with Crippen molar-refractivity contribution < 1.29 is 38.1 Å². The minimum Gasteiger partial charge on any atom is -0.399 e. The Bertz CT molecular complexity index is 1650. The van der Waals surface area contributed by atoms with Crippen LogP contribution in [0.1, 0.15) is 56.1 Å². The van der Waals surface area contributed by atoms with Gasteiger partial charge in [0.05, 0.1) is 12.2 Å². The van der Waals surface area contributed by atoms with Crippen LogP contribution in [0.4, 0.5) is 14.5 Å². The number of nitrogens with two attached hydrogens (primary N) is 1. The number of halogens is 2. The van der Waals surface area contributed by atoms with Crippen LogP contribution in [-0.4, -0.2) is 58.0 Å². The number of carbonyl (C=O) groups excluding carboxylic acids is 2. The summed E-state index contributed by atoms with van der Waals surface area (Å²) in [5, 5.41) is 21.8. The van der Waals surface area contributed by atoms with Crippen LogP contribution >= 0.6 is 0 Å². The molecule has 4 aliphatic carbocycles. The zero-order valence-electron chi connectivity index (χ0n) is 25.2. The van der Waals surface area contributed by atoms with E-state index >= 15 is 8.78 Å². The first-order chi connectivity index (χ1) is 21.4. The molecule has 1 unspecified atom stereocenters. The van der Waals surface area contributed by atoms with E-state index in [1.165, 1.54) is 19.1 Å². The summed E-state index contributed by atoms with van der Waals surface area (Å²) in [7, 11) is 0. The second kappa shape index (κ2) is 10.3. The molecule has 0 radical (unpaired) electrons. The van der Waals surface area contributed by atoms with E-state index in [2.05, 4.69) is 0 Å². The van der Waals surface area contributed by atoms with Gasteiger partial charge in [0.1, 0.15) is 12.8 Å². The van der Waals surface area contributed by atoms with Gasteiger partial charge in [-0.25, -0.2) is 8.78 Å². The van der Waals surface area contributed by atoms with Crippen molar-refractivity contribution in [3.8, 4) is 0 Å². The van der Waals surface area contributed by atoms with E-state index in [0.29, 0.717) is 11.3 Å². The van der Waals surface area contributed by atoms with Crippen LogP contribution < -0.4 is 5.73 Å². The fourth-order valence-electron chi connectivity index (χ4n) is 9.33. The number of ether oxygens (including phenoxy) is 2. The van der Waals surface area contributed by atoms with E-state index in [1.54, 1.807) is 6.92 Å². The smallest absolute Gasteiger partial charge is 0.193 e. The number of carbonyl (C=O) groups is 2. The maximum absolute atomic E-state index is 17.5. The molecular weight excluding hydrogens is 580 g/mol. The molecular formula is C36H37F2NO6. The Kier molecular flexibility index (Phi) is 6.87. The number of rotatable bonds is 5. The summed E-state index contributed by atoms with van der Waals surface area (Å²) in [5.41, 5.74) is 2.44. The topological polar surface area (TPSA) is 119 Å². The molecule has 4 N–H and O–H groups in total. The highest BCUT2D eigenvalue weighted by atomic mass is 19.1. The highest BCUT2D eigenvalue weighted by molar-refractivity contribution is 6.01. The fraction of sp³-hybridized carbons (Fsp3) is 0.444. The third-order valence-electron chi connectivity index (χ3n) is 11.5. The van der Waals surface area contributed by atoms with E-state index in [-0.39, 0.29) is 24.8 Å². The monoisotopic (exact) mass is 617 g/mol. The Morgan fingerprint density at radius 3 is 2.53 bits per heavy atom. The molecule has 7 nitrogen and oxygen atoms in total. The Hall–Kier alpha value is -3.50. The molecule has 0 aromatic heterocycles. The lowest BCUT2D eigenvalue weighted by molar-refractivity contribution is -0.235. The van der Waals surface area contributed by atoms with Crippen molar-refractivity contribution in [1.82, 2.24) is 0 Å². The average molecular weight is 618 g/mol. The third-order valence-corrected chi connectivity index (χ3v) is 11.5. The number of nitrogen functional groups attached to an aromatic ring is 1. The van der Waals surface area contributed by atoms with Crippen LogP contribution in [0.15, 0.2) is 72.3 Å². The lowest BCUT2D eigenvalue weighted by Crippen LogP contribution is -2.70. The van der Waals surface area contributed by atoms with Crippen LogP contribution in [0.25, 0.3) is 12.2 Å². The zero-order chi connectivity index (χ0) is 31.9. The van der Waals surface area contributed by atoms with Crippen LogP contribution in [0.3, 0.4) is 0 Å². The van der Waals surface area contributed by atoms with Gasteiger partial charge in [-0.1, -0.05) is 61.5 Å². The lowest BCUT2D eigenvalue weighted by atomic mass is 9.44. The van der Waals surface area contributed by atoms with Crippen molar-refractivity contribution in [3.63, 3.8) is 0 Å². The molecule has 0 bridgehead atoms.